The highest BCUT2D eigenvalue weighted by Crippen LogP contribution is 2.38. The molecule has 0 N–H and O–H groups in total. The van der Waals surface area contributed by atoms with Crippen molar-refractivity contribution in [2.24, 2.45) is 11.8 Å². The number of rotatable bonds is 2. The Labute approximate surface area is 95.3 Å². The first kappa shape index (κ1) is 11.7. The predicted molar refractivity (Wildman–Crippen MR) is 56.8 cm³/mol. The topological polar surface area (TPSA) is 52.6 Å². The summed E-state index contributed by atoms with van der Waals surface area (Å²) in [6.07, 6.45) is 1.39. The average Bonchev–Trinajstić information content (AvgIpc) is 2.70. The second-order valence-electron chi connectivity index (χ2n) is 4.89. The maximum atomic E-state index is 11.9. The van der Waals surface area contributed by atoms with Gasteiger partial charge >= 0.3 is 0 Å². The Bertz CT molecular complexity index is 302. The van der Waals surface area contributed by atoms with Crippen molar-refractivity contribution in [1.29, 1.82) is 0 Å². The van der Waals surface area contributed by atoms with E-state index in [9.17, 15) is 9.59 Å². The van der Waals surface area contributed by atoms with Gasteiger partial charge in [-0.25, -0.2) is 0 Å². The van der Waals surface area contributed by atoms with E-state index in [4.69, 9.17) is 9.47 Å². The molecule has 0 radical (unpaired) electrons. The maximum Gasteiger partial charge on any atom is 0.170 e. The predicted octanol–water partition coefficient (Wildman–Crippen LogP) is 1.32. The minimum atomic E-state index is -0.650. The smallest absolute Gasteiger partial charge is 0.170 e. The molecule has 0 bridgehead atoms. The van der Waals surface area contributed by atoms with Gasteiger partial charge in [-0.15, -0.1) is 0 Å². The molecule has 16 heavy (non-hydrogen) atoms. The van der Waals surface area contributed by atoms with Crippen molar-refractivity contribution in [3.05, 3.63) is 0 Å². The first-order valence-corrected chi connectivity index (χ1v) is 5.88. The highest BCUT2D eigenvalue weighted by molar-refractivity contribution is 6.03. The van der Waals surface area contributed by atoms with E-state index in [2.05, 4.69) is 0 Å². The maximum absolute atomic E-state index is 11.9. The molecule has 4 heteroatoms. The minimum Gasteiger partial charge on any atom is -0.347 e. The van der Waals surface area contributed by atoms with Gasteiger partial charge in [-0.1, -0.05) is 13.8 Å². The number of carbonyl (C=O) groups excluding carboxylic acids is 2. The molecule has 2 aliphatic rings. The van der Waals surface area contributed by atoms with Crippen molar-refractivity contribution in [3.8, 4) is 0 Å². The lowest BCUT2D eigenvalue weighted by atomic mass is 9.78. The van der Waals surface area contributed by atoms with Crippen molar-refractivity contribution in [3.63, 3.8) is 0 Å². The number of Topliss-reactive ketones (excluding diaryl/α,β-unsaturated/α-hetero) is 2. The van der Waals surface area contributed by atoms with Crippen LogP contribution in [0.1, 0.15) is 33.1 Å². The number of hydrogen-bond donors (Lipinski definition) is 0. The molecule has 1 saturated carbocycles. The Morgan fingerprint density at radius 2 is 2.00 bits per heavy atom. The summed E-state index contributed by atoms with van der Waals surface area (Å²) in [6.45, 7) is 4.79. The van der Waals surface area contributed by atoms with Gasteiger partial charge in [-0.2, -0.15) is 0 Å². The molecule has 1 unspecified atom stereocenters. The summed E-state index contributed by atoms with van der Waals surface area (Å²) in [4.78, 5) is 23.7. The molecule has 4 nitrogen and oxygen atoms in total. The van der Waals surface area contributed by atoms with Gasteiger partial charge in [0.25, 0.3) is 0 Å². The molecule has 1 heterocycles. The lowest BCUT2D eigenvalue weighted by Gasteiger charge is -2.35. The Morgan fingerprint density at radius 1 is 1.38 bits per heavy atom. The fraction of sp³-hybridized carbons (Fsp3) is 0.833. The third-order valence-electron chi connectivity index (χ3n) is 3.38. The van der Waals surface area contributed by atoms with Crippen LogP contribution in [0.15, 0.2) is 0 Å². The standard InChI is InChI=1S/C12H18O4/c1-8(2)11(14)9-7-12(4-3-10(9)13)15-5-6-16-12/h8-9H,3-7H2,1-2H3. The summed E-state index contributed by atoms with van der Waals surface area (Å²) in [7, 11) is 0. The summed E-state index contributed by atoms with van der Waals surface area (Å²) in [5.41, 5.74) is 0. The number of hydrogen-bond acceptors (Lipinski definition) is 4. The molecule has 0 amide bonds. The third kappa shape index (κ3) is 2.04. The molecular formula is C12H18O4. The van der Waals surface area contributed by atoms with Crippen molar-refractivity contribution in [2.45, 2.75) is 38.9 Å². The van der Waals surface area contributed by atoms with E-state index in [1.807, 2.05) is 13.8 Å². The lowest BCUT2D eigenvalue weighted by molar-refractivity contribution is -0.190. The van der Waals surface area contributed by atoms with Gasteiger partial charge in [0.15, 0.2) is 5.79 Å². The molecule has 0 aromatic carbocycles. The third-order valence-corrected chi connectivity index (χ3v) is 3.38. The summed E-state index contributed by atoms with van der Waals surface area (Å²) < 4.78 is 11.1. The van der Waals surface area contributed by atoms with Gasteiger partial charge in [0.2, 0.25) is 0 Å². The molecule has 0 aromatic rings. The zero-order chi connectivity index (χ0) is 11.8. The molecule has 1 aliphatic heterocycles. The Balaban J connectivity index is 2.11. The van der Waals surface area contributed by atoms with Gasteiger partial charge in [0.05, 0.1) is 19.1 Å². The van der Waals surface area contributed by atoms with Gasteiger partial charge < -0.3 is 9.47 Å². The fourth-order valence-electron chi connectivity index (χ4n) is 2.44. The zero-order valence-corrected chi connectivity index (χ0v) is 9.82. The normalized spacial score (nSPS) is 28.9. The molecule has 90 valence electrons. The van der Waals surface area contributed by atoms with E-state index in [0.29, 0.717) is 32.5 Å². The Kier molecular flexibility index (Phi) is 3.13. The number of ketones is 2. The van der Waals surface area contributed by atoms with E-state index >= 15 is 0 Å². The van der Waals surface area contributed by atoms with Crippen LogP contribution in [0.5, 0.6) is 0 Å². The molecule has 2 fully saturated rings. The number of ether oxygens (including phenoxy) is 2. The minimum absolute atomic E-state index is 0.0168. The Morgan fingerprint density at radius 3 is 2.56 bits per heavy atom. The first-order valence-electron chi connectivity index (χ1n) is 5.88. The van der Waals surface area contributed by atoms with Crippen LogP contribution in [0.2, 0.25) is 0 Å². The van der Waals surface area contributed by atoms with Crippen molar-refractivity contribution in [2.75, 3.05) is 13.2 Å². The van der Waals surface area contributed by atoms with E-state index in [0.717, 1.165) is 0 Å². The molecule has 1 aliphatic carbocycles. The summed E-state index contributed by atoms with van der Waals surface area (Å²) in [5.74, 6) is -1.22. The van der Waals surface area contributed by atoms with Gasteiger partial charge in [-0.3, -0.25) is 9.59 Å². The van der Waals surface area contributed by atoms with Crippen LogP contribution in [-0.4, -0.2) is 30.6 Å². The van der Waals surface area contributed by atoms with Gasteiger partial charge in [0, 0.05) is 25.2 Å². The van der Waals surface area contributed by atoms with Crippen molar-refractivity contribution >= 4 is 11.6 Å². The molecule has 1 atom stereocenters. The van der Waals surface area contributed by atoms with Gasteiger partial charge in [-0.05, 0) is 0 Å². The quantitative estimate of drug-likeness (QED) is 0.666. The number of carbonyl (C=O) groups is 2. The molecule has 1 saturated heterocycles. The van der Waals surface area contributed by atoms with E-state index in [1.165, 1.54) is 0 Å². The van der Waals surface area contributed by atoms with Crippen LogP contribution in [0.3, 0.4) is 0 Å². The first-order chi connectivity index (χ1) is 7.54. The summed E-state index contributed by atoms with van der Waals surface area (Å²) >= 11 is 0. The average molecular weight is 226 g/mol. The highest BCUT2D eigenvalue weighted by atomic mass is 16.7. The van der Waals surface area contributed by atoms with Crippen LogP contribution in [0.4, 0.5) is 0 Å². The monoisotopic (exact) mass is 226 g/mol. The molecular weight excluding hydrogens is 208 g/mol. The fourth-order valence-corrected chi connectivity index (χ4v) is 2.44. The van der Waals surface area contributed by atoms with Crippen LogP contribution in [0, 0.1) is 11.8 Å². The second-order valence-corrected chi connectivity index (χ2v) is 4.89. The van der Waals surface area contributed by atoms with E-state index in [1.54, 1.807) is 0 Å². The second kappa shape index (κ2) is 4.26. The Hall–Kier alpha value is -0.740. The molecule has 0 aromatic heterocycles. The largest absolute Gasteiger partial charge is 0.347 e. The van der Waals surface area contributed by atoms with Crippen LogP contribution >= 0.6 is 0 Å². The highest BCUT2D eigenvalue weighted by Gasteiger charge is 2.47. The zero-order valence-electron chi connectivity index (χ0n) is 9.82. The van der Waals surface area contributed by atoms with E-state index in [-0.39, 0.29) is 17.5 Å². The molecule has 1 spiro atoms. The lowest BCUT2D eigenvalue weighted by Crippen LogP contribution is -2.44. The summed E-state index contributed by atoms with van der Waals surface area (Å²) in [6, 6.07) is 0. The van der Waals surface area contributed by atoms with Crippen LogP contribution in [0.25, 0.3) is 0 Å². The van der Waals surface area contributed by atoms with Gasteiger partial charge in [0.1, 0.15) is 11.6 Å². The SMILES string of the molecule is CC(C)C(=O)C1CC2(CCC1=O)OCCO2. The summed E-state index contributed by atoms with van der Waals surface area (Å²) in [5, 5.41) is 0. The van der Waals surface area contributed by atoms with E-state index < -0.39 is 11.7 Å². The van der Waals surface area contributed by atoms with Crippen LogP contribution in [-0.2, 0) is 19.1 Å². The van der Waals surface area contributed by atoms with Crippen molar-refractivity contribution < 1.29 is 19.1 Å². The van der Waals surface area contributed by atoms with Crippen molar-refractivity contribution in [1.82, 2.24) is 0 Å². The van der Waals surface area contributed by atoms with Crippen LogP contribution < -0.4 is 0 Å². The molecule has 2 rings (SSSR count).